The summed E-state index contributed by atoms with van der Waals surface area (Å²) < 4.78 is 16.1. The van der Waals surface area contributed by atoms with Crippen molar-refractivity contribution in [1.82, 2.24) is 19.8 Å². The second-order valence-corrected chi connectivity index (χ2v) is 7.60. The zero-order valence-corrected chi connectivity index (χ0v) is 17.0. The number of hydrogen-bond acceptors (Lipinski definition) is 4. The van der Waals surface area contributed by atoms with Crippen LogP contribution in [0.5, 0.6) is 0 Å². The van der Waals surface area contributed by atoms with Gasteiger partial charge in [-0.2, -0.15) is 0 Å². The summed E-state index contributed by atoms with van der Waals surface area (Å²) >= 11 is 3.17. The monoisotopic (exact) mass is 424 g/mol. The van der Waals surface area contributed by atoms with Crippen LogP contribution in [0.15, 0.2) is 21.4 Å². The van der Waals surface area contributed by atoms with Crippen molar-refractivity contribution >= 4 is 26.8 Å². The van der Waals surface area contributed by atoms with Crippen molar-refractivity contribution in [2.45, 2.75) is 45.7 Å². The third-order valence-corrected chi connectivity index (χ3v) is 5.63. The van der Waals surface area contributed by atoms with Crippen LogP contribution in [0.3, 0.4) is 0 Å². The Morgan fingerprint density at radius 1 is 1.31 bits per heavy atom. The number of nitrogens with one attached hydrogen (secondary N) is 1. The maximum absolute atomic E-state index is 14.0. The molecule has 1 atom stereocenters. The third kappa shape index (κ3) is 3.85. The van der Waals surface area contributed by atoms with Crippen LogP contribution < -0.4 is 10.9 Å². The minimum absolute atomic E-state index is 0.0728. The molecule has 0 saturated carbocycles. The molecular formula is C19H26BrFN4O. The molecule has 1 aliphatic heterocycles. The molecule has 0 amide bonds. The fraction of sp³-hybridized carbons (Fsp3) is 0.579. The second-order valence-electron chi connectivity index (χ2n) is 6.75. The molecule has 2 heterocycles. The second kappa shape index (κ2) is 8.59. The number of halogens is 2. The van der Waals surface area contributed by atoms with Gasteiger partial charge in [0.15, 0.2) is 0 Å². The molecule has 2 aromatic rings. The maximum Gasteiger partial charge on any atom is 0.261 e. The fourth-order valence-corrected chi connectivity index (χ4v) is 4.06. The summed E-state index contributed by atoms with van der Waals surface area (Å²) in [7, 11) is 0. The summed E-state index contributed by atoms with van der Waals surface area (Å²) in [6.45, 7) is 8.52. The van der Waals surface area contributed by atoms with Gasteiger partial charge in [-0.1, -0.05) is 13.3 Å². The fourth-order valence-electron chi connectivity index (χ4n) is 3.72. The summed E-state index contributed by atoms with van der Waals surface area (Å²) in [5.41, 5.74) is 0.340. The lowest BCUT2D eigenvalue weighted by molar-refractivity contribution is 0.185. The Bertz CT molecular complexity index is 830. The van der Waals surface area contributed by atoms with Crippen LogP contribution >= 0.6 is 15.9 Å². The molecule has 1 fully saturated rings. The summed E-state index contributed by atoms with van der Waals surface area (Å²) in [5, 5.41) is 3.88. The normalized spacial score (nSPS) is 17.4. The topological polar surface area (TPSA) is 50.2 Å². The van der Waals surface area contributed by atoms with Crippen molar-refractivity contribution in [3.63, 3.8) is 0 Å². The Labute approximate surface area is 161 Å². The smallest absolute Gasteiger partial charge is 0.261 e. The molecule has 0 aliphatic carbocycles. The Hall–Kier alpha value is -1.31. The van der Waals surface area contributed by atoms with Crippen molar-refractivity contribution in [1.29, 1.82) is 0 Å². The van der Waals surface area contributed by atoms with E-state index >= 15 is 0 Å². The van der Waals surface area contributed by atoms with Gasteiger partial charge in [0.1, 0.15) is 11.6 Å². The molecule has 1 aromatic heterocycles. The summed E-state index contributed by atoms with van der Waals surface area (Å²) in [4.78, 5) is 20.2. The predicted molar refractivity (Wildman–Crippen MR) is 106 cm³/mol. The van der Waals surface area contributed by atoms with Gasteiger partial charge in [0.2, 0.25) is 0 Å². The number of hydrogen-bond donors (Lipinski definition) is 1. The van der Waals surface area contributed by atoms with Crippen LogP contribution in [-0.2, 0) is 6.54 Å². The number of benzene rings is 1. The van der Waals surface area contributed by atoms with Crippen molar-refractivity contribution < 1.29 is 4.39 Å². The van der Waals surface area contributed by atoms with E-state index < -0.39 is 5.82 Å². The quantitative estimate of drug-likeness (QED) is 0.798. The van der Waals surface area contributed by atoms with Crippen LogP contribution in [-0.4, -0.2) is 40.6 Å². The van der Waals surface area contributed by atoms with E-state index in [2.05, 4.69) is 33.1 Å². The minimum atomic E-state index is -0.393. The lowest BCUT2D eigenvalue weighted by Crippen LogP contribution is -2.37. The molecule has 1 saturated heterocycles. The van der Waals surface area contributed by atoms with Gasteiger partial charge in [0, 0.05) is 32.2 Å². The average Bonchev–Trinajstić information content (AvgIpc) is 2.91. The Morgan fingerprint density at radius 2 is 2.12 bits per heavy atom. The molecule has 142 valence electrons. The van der Waals surface area contributed by atoms with Gasteiger partial charge in [-0.25, -0.2) is 9.37 Å². The number of nitrogens with zero attached hydrogens (tertiary/aromatic N) is 3. The summed E-state index contributed by atoms with van der Waals surface area (Å²) in [6.07, 6.45) is 3.00. The molecule has 1 aromatic carbocycles. The van der Waals surface area contributed by atoms with Gasteiger partial charge >= 0.3 is 0 Å². The Kier molecular flexibility index (Phi) is 6.42. The van der Waals surface area contributed by atoms with E-state index in [4.69, 9.17) is 4.98 Å². The highest BCUT2D eigenvalue weighted by molar-refractivity contribution is 9.10. The molecule has 5 nitrogen and oxygen atoms in total. The molecule has 7 heteroatoms. The standard InChI is InChI=1S/C19H26BrFN4O/c1-3-6-17(24-9-5-7-22-8-10-24)18-23-16-12-15(21)14(20)11-13(16)19(26)25(18)4-2/h11-12,17,22H,3-10H2,1-2H3. The molecule has 1 unspecified atom stereocenters. The molecule has 26 heavy (non-hydrogen) atoms. The lowest BCUT2D eigenvalue weighted by atomic mass is 10.1. The summed E-state index contributed by atoms with van der Waals surface area (Å²) in [5.74, 6) is 0.367. The number of fused-ring (bicyclic) bond motifs is 1. The van der Waals surface area contributed by atoms with Gasteiger partial charge < -0.3 is 5.32 Å². The molecule has 0 spiro atoms. The largest absolute Gasteiger partial charge is 0.315 e. The van der Waals surface area contributed by atoms with Crippen molar-refractivity contribution in [3.8, 4) is 0 Å². The van der Waals surface area contributed by atoms with Gasteiger partial charge in [-0.05, 0) is 48.3 Å². The van der Waals surface area contributed by atoms with Crippen LogP contribution in [0.1, 0.15) is 45.0 Å². The van der Waals surface area contributed by atoms with Crippen LogP contribution in [0.4, 0.5) is 4.39 Å². The first-order valence-corrected chi connectivity index (χ1v) is 10.2. The van der Waals surface area contributed by atoms with E-state index in [1.54, 1.807) is 10.6 Å². The van der Waals surface area contributed by atoms with Crippen LogP contribution in [0.2, 0.25) is 0 Å². The predicted octanol–water partition coefficient (Wildman–Crippen LogP) is 3.45. The van der Waals surface area contributed by atoms with Crippen molar-refractivity contribution in [2.24, 2.45) is 0 Å². The highest BCUT2D eigenvalue weighted by atomic mass is 79.9. The molecule has 1 aliphatic rings. The van der Waals surface area contributed by atoms with E-state index in [-0.39, 0.29) is 11.6 Å². The first-order chi connectivity index (χ1) is 12.6. The van der Waals surface area contributed by atoms with Gasteiger partial charge in [0.05, 0.1) is 21.4 Å². The molecular weight excluding hydrogens is 399 g/mol. The van der Waals surface area contributed by atoms with Crippen LogP contribution in [0, 0.1) is 5.82 Å². The average molecular weight is 425 g/mol. The number of aromatic nitrogens is 2. The molecule has 0 radical (unpaired) electrons. The molecule has 0 bridgehead atoms. The van der Waals surface area contributed by atoms with Crippen LogP contribution in [0.25, 0.3) is 10.9 Å². The van der Waals surface area contributed by atoms with Gasteiger partial charge in [0.25, 0.3) is 5.56 Å². The summed E-state index contributed by atoms with van der Waals surface area (Å²) in [6, 6.07) is 2.97. The third-order valence-electron chi connectivity index (χ3n) is 5.02. The van der Waals surface area contributed by atoms with E-state index in [1.165, 1.54) is 6.07 Å². The number of rotatable bonds is 5. The van der Waals surface area contributed by atoms with Crippen molar-refractivity contribution in [2.75, 3.05) is 26.2 Å². The Balaban J connectivity index is 2.16. The van der Waals surface area contributed by atoms with Crippen molar-refractivity contribution in [3.05, 3.63) is 38.6 Å². The SMILES string of the molecule is CCCC(c1nc2cc(F)c(Br)cc2c(=O)n1CC)N1CCCNCC1. The van der Waals surface area contributed by atoms with E-state index in [9.17, 15) is 9.18 Å². The highest BCUT2D eigenvalue weighted by Gasteiger charge is 2.26. The van der Waals surface area contributed by atoms with E-state index in [1.807, 2.05) is 6.92 Å². The first-order valence-electron chi connectivity index (χ1n) is 9.41. The minimum Gasteiger partial charge on any atom is -0.315 e. The molecule has 3 rings (SSSR count). The lowest BCUT2D eigenvalue weighted by Gasteiger charge is -2.31. The molecule has 1 N–H and O–H groups in total. The highest BCUT2D eigenvalue weighted by Crippen LogP contribution is 2.27. The zero-order valence-electron chi connectivity index (χ0n) is 15.4. The van der Waals surface area contributed by atoms with Gasteiger partial charge in [-0.15, -0.1) is 0 Å². The first kappa shape index (κ1) is 19.5. The van der Waals surface area contributed by atoms with E-state index in [0.717, 1.165) is 51.3 Å². The van der Waals surface area contributed by atoms with E-state index in [0.29, 0.717) is 21.9 Å². The zero-order chi connectivity index (χ0) is 18.7. The maximum atomic E-state index is 14.0. The Morgan fingerprint density at radius 3 is 2.85 bits per heavy atom. The van der Waals surface area contributed by atoms with Gasteiger partial charge in [-0.3, -0.25) is 14.3 Å².